The zero-order valence-corrected chi connectivity index (χ0v) is 13.7. The Hall–Kier alpha value is -1.35. The topological polar surface area (TPSA) is 38.0 Å². The van der Waals surface area contributed by atoms with Crippen LogP contribution in [0.1, 0.15) is 27.8 Å². The summed E-state index contributed by atoms with van der Waals surface area (Å²) < 4.78 is 0. The normalized spacial score (nSPS) is 12.4. The highest BCUT2D eigenvalue weighted by Crippen LogP contribution is 2.21. The molecule has 0 saturated carbocycles. The fourth-order valence-corrected chi connectivity index (χ4v) is 2.87. The van der Waals surface area contributed by atoms with E-state index in [1.165, 1.54) is 22.3 Å². The van der Waals surface area contributed by atoms with E-state index >= 15 is 0 Å². The molecule has 1 unspecified atom stereocenters. The zero-order chi connectivity index (χ0) is 15.4. The van der Waals surface area contributed by atoms with Gasteiger partial charge in [-0.25, -0.2) is 0 Å². The van der Waals surface area contributed by atoms with Crippen molar-refractivity contribution in [2.24, 2.45) is 5.84 Å². The maximum absolute atomic E-state index is 6.32. The van der Waals surface area contributed by atoms with Crippen LogP contribution in [0.3, 0.4) is 0 Å². The van der Waals surface area contributed by atoms with Crippen molar-refractivity contribution in [2.75, 3.05) is 0 Å². The molecule has 0 fully saturated rings. The van der Waals surface area contributed by atoms with Gasteiger partial charge in [0.2, 0.25) is 0 Å². The largest absolute Gasteiger partial charge is 0.271 e. The van der Waals surface area contributed by atoms with E-state index in [1.807, 2.05) is 13.0 Å². The van der Waals surface area contributed by atoms with Gasteiger partial charge in [0.05, 0.1) is 0 Å². The van der Waals surface area contributed by atoms with Crippen LogP contribution in [0, 0.1) is 20.8 Å². The quantitative estimate of drug-likeness (QED) is 0.650. The number of halogens is 1. The summed E-state index contributed by atoms with van der Waals surface area (Å²) in [4.78, 5) is 0. The molecule has 2 nitrogen and oxygen atoms in total. The van der Waals surface area contributed by atoms with Gasteiger partial charge in [0, 0.05) is 11.1 Å². The molecular formula is C18H23ClN2. The summed E-state index contributed by atoms with van der Waals surface area (Å²) in [6.45, 7) is 6.30. The van der Waals surface area contributed by atoms with Crippen molar-refractivity contribution in [1.82, 2.24) is 5.43 Å². The summed E-state index contributed by atoms with van der Waals surface area (Å²) in [5.74, 6) is 5.74. The molecular weight excluding hydrogens is 280 g/mol. The fraction of sp³-hybridized carbons (Fsp3) is 0.333. The lowest BCUT2D eigenvalue weighted by Crippen LogP contribution is -2.38. The van der Waals surface area contributed by atoms with Gasteiger partial charge in [0.25, 0.3) is 0 Å². The smallest absolute Gasteiger partial charge is 0.0441 e. The minimum atomic E-state index is 0.172. The molecule has 0 saturated heterocycles. The van der Waals surface area contributed by atoms with Gasteiger partial charge in [-0.1, -0.05) is 47.5 Å². The number of hydrogen-bond donors (Lipinski definition) is 2. The van der Waals surface area contributed by atoms with Gasteiger partial charge < -0.3 is 0 Å². The van der Waals surface area contributed by atoms with E-state index in [1.54, 1.807) is 0 Å². The third-order valence-corrected chi connectivity index (χ3v) is 4.23. The zero-order valence-electron chi connectivity index (χ0n) is 12.9. The van der Waals surface area contributed by atoms with E-state index in [9.17, 15) is 0 Å². The molecule has 0 radical (unpaired) electrons. The van der Waals surface area contributed by atoms with E-state index in [0.29, 0.717) is 0 Å². The molecule has 2 aromatic carbocycles. The molecule has 0 heterocycles. The number of aryl methyl sites for hydroxylation is 3. The first-order chi connectivity index (χ1) is 9.99. The Bertz CT molecular complexity index is 623. The average Bonchev–Trinajstić information content (AvgIpc) is 2.44. The van der Waals surface area contributed by atoms with E-state index in [4.69, 9.17) is 17.4 Å². The van der Waals surface area contributed by atoms with E-state index < -0.39 is 0 Å². The van der Waals surface area contributed by atoms with Crippen LogP contribution in [-0.4, -0.2) is 6.04 Å². The van der Waals surface area contributed by atoms with Crippen LogP contribution in [0.15, 0.2) is 36.4 Å². The van der Waals surface area contributed by atoms with Crippen LogP contribution in [0.5, 0.6) is 0 Å². The molecule has 0 aliphatic rings. The molecule has 0 spiro atoms. The second-order valence-electron chi connectivity index (χ2n) is 5.80. The first-order valence-electron chi connectivity index (χ1n) is 7.27. The SMILES string of the molecule is Cc1ccc(CC(Cc2cc(C)ccc2C)NN)c(Cl)c1. The van der Waals surface area contributed by atoms with E-state index in [-0.39, 0.29) is 6.04 Å². The molecule has 0 bridgehead atoms. The van der Waals surface area contributed by atoms with E-state index in [0.717, 1.165) is 23.4 Å². The lowest BCUT2D eigenvalue weighted by Gasteiger charge is -2.18. The summed E-state index contributed by atoms with van der Waals surface area (Å²) in [5, 5.41) is 0.816. The molecule has 112 valence electrons. The Morgan fingerprint density at radius 2 is 1.57 bits per heavy atom. The highest BCUT2D eigenvalue weighted by molar-refractivity contribution is 6.31. The molecule has 3 heteroatoms. The van der Waals surface area contributed by atoms with Gasteiger partial charge in [-0.05, 0) is 61.9 Å². The van der Waals surface area contributed by atoms with Gasteiger partial charge in [-0.3, -0.25) is 11.3 Å². The predicted octanol–water partition coefficient (Wildman–Crippen LogP) is 3.88. The number of benzene rings is 2. The first kappa shape index (κ1) is 16.0. The Morgan fingerprint density at radius 1 is 0.952 bits per heavy atom. The average molecular weight is 303 g/mol. The number of hydrogen-bond acceptors (Lipinski definition) is 2. The summed E-state index contributed by atoms with van der Waals surface area (Å²) in [5.41, 5.74) is 9.15. The van der Waals surface area contributed by atoms with Crippen molar-refractivity contribution < 1.29 is 0 Å². The molecule has 0 aliphatic heterocycles. The molecule has 0 aliphatic carbocycles. The number of nitrogens with two attached hydrogens (primary N) is 1. The van der Waals surface area contributed by atoms with Gasteiger partial charge in [-0.15, -0.1) is 0 Å². The van der Waals surface area contributed by atoms with Gasteiger partial charge in [0.15, 0.2) is 0 Å². The lowest BCUT2D eigenvalue weighted by molar-refractivity contribution is 0.521. The van der Waals surface area contributed by atoms with Crippen molar-refractivity contribution >= 4 is 11.6 Å². The minimum Gasteiger partial charge on any atom is -0.271 e. The van der Waals surface area contributed by atoms with Crippen LogP contribution in [0.25, 0.3) is 0 Å². The summed E-state index contributed by atoms with van der Waals surface area (Å²) >= 11 is 6.32. The van der Waals surface area contributed by atoms with Crippen LogP contribution in [-0.2, 0) is 12.8 Å². The first-order valence-corrected chi connectivity index (χ1v) is 7.64. The molecule has 21 heavy (non-hydrogen) atoms. The van der Waals surface area contributed by atoms with Gasteiger partial charge in [-0.2, -0.15) is 0 Å². The summed E-state index contributed by atoms with van der Waals surface area (Å²) in [6, 6.07) is 12.9. The predicted molar refractivity (Wildman–Crippen MR) is 90.6 cm³/mol. The van der Waals surface area contributed by atoms with Crippen molar-refractivity contribution in [2.45, 2.75) is 39.7 Å². The minimum absolute atomic E-state index is 0.172. The van der Waals surface area contributed by atoms with Crippen LogP contribution < -0.4 is 11.3 Å². The second-order valence-corrected chi connectivity index (χ2v) is 6.20. The van der Waals surface area contributed by atoms with Crippen molar-refractivity contribution in [3.8, 4) is 0 Å². The van der Waals surface area contributed by atoms with Crippen molar-refractivity contribution in [3.05, 3.63) is 69.2 Å². The maximum Gasteiger partial charge on any atom is 0.0441 e. The van der Waals surface area contributed by atoms with Crippen molar-refractivity contribution in [3.63, 3.8) is 0 Å². The maximum atomic E-state index is 6.32. The lowest BCUT2D eigenvalue weighted by atomic mass is 9.95. The molecule has 2 aromatic rings. The number of hydrazine groups is 1. The monoisotopic (exact) mass is 302 g/mol. The standard InChI is InChI=1S/C18H23ClN2/c1-12-4-6-14(3)16(8-12)11-17(21-20)10-15-7-5-13(2)9-18(15)19/h4-9,17,21H,10-11,20H2,1-3H3. The van der Waals surface area contributed by atoms with Crippen molar-refractivity contribution in [1.29, 1.82) is 0 Å². The Morgan fingerprint density at radius 3 is 2.24 bits per heavy atom. The summed E-state index contributed by atoms with van der Waals surface area (Å²) in [6.07, 6.45) is 1.72. The highest BCUT2D eigenvalue weighted by atomic mass is 35.5. The Labute approximate surface area is 132 Å². The third kappa shape index (κ3) is 4.31. The third-order valence-electron chi connectivity index (χ3n) is 3.88. The van der Waals surface area contributed by atoms with Gasteiger partial charge in [0.1, 0.15) is 0 Å². The second kappa shape index (κ2) is 7.08. The molecule has 0 amide bonds. The van der Waals surface area contributed by atoms with Crippen LogP contribution in [0.2, 0.25) is 5.02 Å². The van der Waals surface area contributed by atoms with Crippen LogP contribution in [0.4, 0.5) is 0 Å². The number of rotatable bonds is 5. The molecule has 1 atom stereocenters. The van der Waals surface area contributed by atoms with Crippen LogP contribution >= 0.6 is 11.6 Å². The fourth-order valence-electron chi connectivity index (χ4n) is 2.56. The summed E-state index contributed by atoms with van der Waals surface area (Å²) in [7, 11) is 0. The highest BCUT2D eigenvalue weighted by Gasteiger charge is 2.12. The Balaban J connectivity index is 2.14. The molecule has 0 aromatic heterocycles. The molecule has 3 N–H and O–H groups in total. The van der Waals surface area contributed by atoms with Gasteiger partial charge >= 0.3 is 0 Å². The number of nitrogens with one attached hydrogen (secondary N) is 1. The van der Waals surface area contributed by atoms with E-state index in [2.05, 4.69) is 49.6 Å². The molecule has 2 rings (SSSR count). The Kier molecular flexibility index (Phi) is 5.40.